The molecule has 2 rings (SSSR count). The molecular formula is C13H25NO3. The second-order valence-corrected chi connectivity index (χ2v) is 5.24. The van der Waals surface area contributed by atoms with Crippen LogP contribution in [0.2, 0.25) is 0 Å². The van der Waals surface area contributed by atoms with Crippen molar-refractivity contribution in [1.29, 1.82) is 0 Å². The van der Waals surface area contributed by atoms with Gasteiger partial charge in [-0.15, -0.1) is 0 Å². The summed E-state index contributed by atoms with van der Waals surface area (Å²) >= 11 is 0. The van der Waals surface area contributed by atoms with Crippen LogP contribution in [0.25, 0.3) is 0 Å². The fourth-order valence-electron chi connectivity index (χ4n) is 2.20. The molecule has 2 N–H and O–H groups in total. The molecule has 1 aliphatic carbocycles. The zero-order valence-electron chi connectivity index (χ0n) is 10.6. The molecule has 17 heavy (non-hydrogen) atoms. The second-order valence-electron chi connectivity index (χ2n) is 5.24. The van der Waals surface area contributed by atoms with Crippen LogP contribution in [0, 0.1) is 5.92 Å². The molecule has 0 spiro atoms. The van der Waals surface area contributed by atoms with E-state index in [9.17, 15) is 5.11 Å². The van der Waals surface area contributed by atoms with Crippen molar-refractivity contribution in [3.63, 3.8) is 0 Å². The Kier molecular flexibility index (Phi) is 5.71. The third kappa shape index (κ3) is 5.34. The highest BCUT2D eigenvalue weighted by molar-refractivity contribution is 4.84. The lowest BCUT2D eigenvalue weighted by molar-refractivity contribution is 0.0175. The standard InChI is InChI=1S/C13H25NO3/c15-9-13(14-12-1-2-12)5-8-17-10-11-3-6-16-7-4-11/h11-15H,1-10H2. The van der Waals surface area contributed by atoms with Crippen LogP contribution in [0.4, 0.5) is 0 Å². The van der Waals surface area contributed by atoms with Gasteiger partial charge in [0.2, 0.25) is 0 Å². The summed E-state index contributed by atoms with van der Waals surface area (Å²) in [5.74, 6) is 0.674. The van der Waals surface area contributed by atoms with E-state index < -0.39 is 0 Å². The van der Waals surface area contributed by atoms with Crippen LogP contribution in [0.1, 0.15) is 32.1 Å². The highest BCUT2D eigenvalue weighted by Crippen LogP contribution is 2.20. The van der Waals surface area contributed by atoms with E-state index in [-0.39, 0.29) is 12.6 Å². The zero-order valence-corrected chi connectivity index (χ0v) is 10.6. The van der Waals surface area contributed by atoms with E-state index in [0.29, 0.717) is 12.0 Å². The summed E-state index contributed by atoms with van der Waals surface area (Å²) < 4.78 is 11.0. The Bertz CT molecular complexity index is 203. The molecule has 0 radical (unpaired) electrons. The van der Waals surface area contributed by atoms with Crippen molar-refractivity contribution in [3.05, 3.63) is 0 Å². The predicted molar refractivity (Wildman–Crippen MR) is 66.0 cm³/mol. The van der Waals surface area contributed by atoms with Gasteiger partial charge in [-0.05, 0) is 38.0 Å². The molecule has 1 heterocycles. The van der Waals surface area contributed by atoms with Gasteiger partial charge < -0.3 is 19.9 Å². The maximum atomic E-state index is 9.22. The van der Waals surface area contributed by atoms with Crippen LogP contribution < -0.4 is 5.32 Å². The topological polar surface area (TPSA) is 50.7 Å². The predicted octanol–water partition coefficient (Wildman–Crippen LogP) is 0.933. The molecule has 2 aliphatic rings. The summed E-state index contributed by atoms with van der Waals surface area (Å²) in [6, 6.07) is 0.875. The van der Waals surface area contributed by atoms with Crippen molar-refractivity contribution in [2.75, 3.05) is 33.0 Å². The summed E-state index contributed by atoms with van der Waals surface area (Å²) in [5.41, 5.74) is 0. The lowest BCUT2D eigenvalue weighted by Crippen LogP contribution is -2.35. The molecule has 100 valence electrons. The van der Waals surface area contributed by atoms with Crippen molar-refractivity contribution >= 4 is 0 Å². The van der Waals surface area contributed by atoms with Crippen LogP contribution in [0.15, 0.2) is 0 Å². The Labute approximate surface area is 104 Å². The van der Waals surface area contributed by atoms with Gasteiger partial charge >= 0.3 is 0 Å². The average Bonchev–Trinajstić information content (AvgIpc) is 3.18. The van der Waals surface area contributed by atoms with Crippen LogP contribution in [0.3, 0.4) is 0 Å². The Hall–Kier alpha value is -0.160. The summed E-state index contributed by atoms with van der Waals surface area (Å²) in [4.78, 5) is 0. The molecule has 1 saturated heterocycles. The van der Waals surface area contributed by atoms with Crippen molar-refractivity contribution in [3.8, 4) is 0 Å². The molecule has 0 amide bonds. The summed E-state index contributed by atoms with van der Waals surface area (Å²) in [5, 5.41) is 12.6. The zero-order chi connectivity index (χ0) is 11.9. The number of aliphatic hydroxyl groups is 1. The number of nitrogens with one attached hydrogen (secondary N) is 1. The lowest BCUT2D eigenvalue weighted by atomic mass is 10.0. The molecule has 1 atom stereocenters. The second kappa shape index (κ2) is 7.31. The Balaban J connectivity index is 1.48. The first kappa shape index (κ1) is 13.3. The number of hydrogen-bond donors (Lipinski definition) is 2. The van der Waals surface area contributed by atoms with E-state index in [1.54, 1.807) is 0 Å². The third-order valence-electron chi connectivity index (χ3n) is 3.57. The van der Waals surface area contributed by atoms with E-state index in [2.05, 4.69) is 5.32 Å². The van der Waals surface area contributed by atoms with Crippen LogP contribution in [-0.2, 0) is 9.47 Å². The van der Waals surface area contributed by atoms with Gasteiger partial charge in [-0.2, -0.15) is 0 Å². The summed E-state index contributed by atoms with van der Waals surface area (Å²) in [6.45, 7) is 3.59. The van der Waals surface area contributed by atoms with Crippen molar-refractivity contribution in [2.24, 2.45) is 5.92 Å². The van der Waals surface area contributed by atoms with Crippen LogP contribution in [0.5, 0.6) is 0 Å². The van der Waals surface area contributed by atoms with Gasteiger partial charge in [-0.3, -0.25) is 0 Å². The van der Waals surface area contributed by atoms with Gasteiger partial charge in [0, 0.05) is 38.5 Å². The minimum atomic E-state index is 0.219. The maximum absolute atomic E-state index is 9.22. The van der Waals surface area contributed by atoms with Gasteiger partial charge in [0.1, 0.15) is 0 Å². The normalized spacial score (nSPS) is 23.8. The smallest absolute Gasteiger partial charge is 0.0585 e. The van der Waals surface area contributed by atoms with Crippen molar-refractivity contribution < 1.29 is 14.6 Å². The SMILES string of the molecule is OCC(CCOCC1CCOCC1)NC1CC1. The van der Waals surface area contributed by atoms with Gasteiger partial charge in [0.15, 0.2) is 0 Å². The molecule has 0 aromatic carbocycles. The molecule has 0 aromatic rings. The van der Waals surface area contributed by atoms with Gasteiger partial charge in [0.05, 0.1) is 6.61 Å². The number of aliphatic hydroxyl groups excluding tert-OH is 1. The number of rotatable bonds is 8. The van der Waals surface area contributed by atoms with E-state index in [0.717, 1.165) is 45.7 Å². The fraction of sp³-hybridized carbons (Fsp3) is 1.00. The monoisotopic (exact) mass is 243 g/mol. The Morgan fingerprint density at radius 1 is 1.24 bits per heavy atom. The van der Waals surface area contributed by atoms with E-state index in [4.69, 9.17) is 9.47 Å². The number of ether oxygens (including phenoxy) is 2. The van der Waals surface area contributed by atoms with Crippen molar-refractivity contribution in [2.45, 2.75) is 44.2 Å². The molecule has 2 fully saturated rings. The number of hydrogen-bond acceptors (Lipinski definition) is 4. The first-order valence-electron chi connectivity index (χ1n) is 6.91. The quantitative estimate of drug-likeness (QED) is 0.623. The minimum absolute atomic E-state index is 0.219. The fourth-order valence-corrected chi connectivity index (χ4v) is 2.20. The van der Waals surface area contributed by atoms with Gasteiger partial charge in [-0.1, -0.05) is 0 Å². The molecule has 1 aliphatic heterocycles. The molecule has 0 bridgehead atoms. The van der Waals surface area contributed by atoms with Crippen LogP contribution in [-0.4, -0.2) is 50.2 Å². The first-order valence-corrected chi connectivity index (χ1v) is 6.91. The summed E-state index contributed by atoms with van der Waals surface area (Å²) in [7, 11) is 0. The molecular weight excluding hydrogens is 218 g/mol. The molecule has 0 aromatic heterocycles. The first-order chi connectivity index (χ1) is 8.38. The van der Waals surface area contributed by atoms with E-state index >= 15 is 0 Å². The molecule has 1 saturated carbocycles. The molecule has 4 nitrogen and oxygen atoms in total. The minimum Gasteiger partial charge on any atom is -0.395 e. The lowest BCUT2D eigenvalue weighted by Gasteiger charge is -2.22. The largest absolute Gasteiger partial charge is 0.395 e. The molecule has 4 heteroatoms. The Morgan fingerprint density at radius 3 is 2.65 bits per heavy atom. The highest BCUT2D eigenvalue weighted by atomic mass is 16.5. The maximum Gasteiger partial charge on any atom is 0.0585 e. The highest BCUT2D eigenvalue weighted by Gasteiger charge is 2.24. The van der Waals surface area contributed by atoms with Gasteiger partial charge in [0.25, 0.3) is 0 Å². The van der Waals surface area contributed by atoms with Crippen molar-refractivity contribution in [1.82, 2.24) is 5.32 Å². The third-order valence-corrected chi connectivity index (χ3v) is 3.57. The average molecular weight is 243 g/mol. The van der Waals surface area contributed by atoms with Gasteiger partial charge in [-0.25, -0.2) is 0 Å². The Morgan fingerprint density at radius 2 is 2.00 bits per heavy atom. The van der Waals surface area contributed by atoms with E-state index in [1.165, 1.54) is 12.8 Å². The summed E-state index contributed by atoms with van der Waals surface area (Å²) in [6.07, 6.45) is 5.70. The van der Waals surface area contributed by atoms with E-state index in [1.807, 2.05) is 0 Å². The molecule has 1 unspecified atom stereocenters. The van der Waals surface area contributed by atoms with Crippen LogP contribution >= 0.6 is 0 Å².